The zero-order chi connectivity index (χ0) is 19.4. The zero-order valence-corrected chi connectivity index (χ0v) is 17.0. The highest BCUT2D eigenvalue weighted by Crippen LogP contribution is 2.28. The van der Waals surface area contributed by atoms with Crippen LogP contribution in [0.15, 0.2) is 35.9 Å². The number of rotatable bonds is 7. The van der Waals surface area contributed by atoms with Crippen molar-refractivity contribution in [2.24, 2.45) is 0 Å². The van der Waals surface area contributed by atoms with Crippen LogP contribution in [0, 0.1) is 0 Å². The maximum Gasteiger partial charge on any atom is 0.153 e. The Morgan fingerprint density at radius 1 is 1.22 bits per heavy atom. The van der Waals surface area contributed by atoms with E-state index >= 15 is 0 Å². The van der Waals surface area contributed by atoms with Gasteiger partial charge < -0.3 is 9.84 Å². The summed E-state index contributed by atoms with van der Waals surface area (Å²) in [5.41, 5.74) is 2.36. The molecule has 27 heavy (non-hydrogen) atoms. The van der Waals surface area contributed by atoms with Crippen LogP contribution in [0.25, 0.3) is 0 Å². The molecule has 0 aromatic heterocycles. The summed E-state index contributed by atoms with van der Waals surface area (Å²) in [6.45, 7) is 7.67. The van der Waals surface area contributed by atoms with Gasteiger partial charge in [0.15, 0.2) is 9.84 Å². The van der Waals surface area contributed by atoms with Crippen molar-refractivity contribution in [3.05, 3.63) is 41.5 Å². The molecule has 0 aliphatic carbocycles. The van der Waals surface area contributed by atoms with Crippen LogP contribution >= 0.6 is 0 Å². The van der Waals surface area contributed by atoms with Crippen molar-refractivity contribution < 1.29 is 18.3 Å². The fourth-order valence-electron chi connectivity index (χ4n) is 3.95. The molecule has 1 aromatic carbocycles. The van der Waals surface area contributed by atoms with Gasteiger partial charge in [-0.05, 0) is 31.5 Å². The lowest BCUT2D eigenvalue weighted by Gasteiger charge is -2.43. The van der Waals surface area contributed by atoms with Gasteiger partial charge in [0.2, 0.25) is 0 Å². The van der Waals surface area contributed by atoms with Crippen LogP contribution in [-0.2, 0) is 16.4 Å². The third-order valence-corrected chi connectivity index (χ3v) is 6.98. The summed E-state index contributed by atoms with van der Waals surface area (Å²) in [6, 6.07) is 7.93. The van der Waals surface area contributed by atoms with Crippen LogP contribution < -0.4 is 4.74 Å². The molecule has 0 spiro atoms. The maximum atomic E-state index is 12.3. The second-order valence-corrected chi connectivity index (χ2v) is 9.83. The van der Waals surface area contributed by atoms with E-state index in [0.717, 1.165) is 30.9 Å². The molecule has 0 saturated carbocycles. The Kier molecular flexibility index (Phi) is 6.57. The second-order valence-electron chi connectivity index (χ2n) is 7.68. The second kappa shape index (κ2) is 8.73. The minimum atomic E-state index is -3.00. The van der Waals surface area contributed by atoms with Crippen molar-refractivity contribution in [1.82, 2.24) is 9.80 Å². The van der Waals surface area contributed by atoms with Crippen LogP contribution in [0.4, 0.5) is 0 Å². The van der Waals surface area contributed by atoms with E-state index in [1.54, 1.807) is 0 Å². The summed E-state index contributed by atoms with van der Waals surface area (Å²) in [5, 5.41) is 8.91. The molecule has 2 atom stereocenters. The molecule has 6 nitrogen and oxygen atoms in total. The SMILES string of the molecule is CC(C)=CCN1CCN(Cc2cccc(OCCO)c2)[C@H]2CS(=O)(=O)C[C@H]21. The van der Waals surface area contributed by atoms with E-state index in [0.29, 0.717) is 6.54 Å². The maximum absolute atomic E-state index is 12.3. The molecule has 0 radical (unpaired) electrons. The number of nitrogens with zero attached hydrogens (tertiary/aromatic N) is 2. The molecular formula is C20H30N2O4S. The van der Waals surface area contributed by atoms with Crippen molar-refractivity contribution in [2.75, 3.05) is 44.4 Å². The number of ether oxygens (including phenoxy) is 1. The van der Waals surface area contributed by atoms with Gasteiger partial charge in [-0.25, -0.2) is 8.42 Å². The van der Waals surface area contributed by atoms with E-state index in [4.69, 9.17) is 9.84 Å². The molecule has 3 rings (SSSR count). The average Bonchev–Trinajstić information content (AvgIpc) is 2.95. The lowest BCUT2D eigenvalue weighted by Crippen LogP contribution is -2.58. The number of piperazine rings is 1. The monoisotopic (exact) mass is 394 g/mol. The summed E-state index contributed by atoms with van der Waals surface area (Å²) < 4.78 is 30.2. The molecule has 150 valence electrons. The summed E-state index contributed by atoms with van der Waals surface area (Å²) in [6.07, 6.45) is 2.18. The van der Waals surface area contributed by atoms with E-state index < -0.39 is 9.84 Å². The van der Waals surface area contributed by atoms with Crippen LogP contribution in [0.1, 0.15) is 19.4 Å². The van der Waals surface area contributed by atoms with Crippen molar-refractivity contribution in [1.29, 1.82) is 0 Å². The number of sulfone groups is 1. The molecule has 2 saturated heterocycles. The quantitative estimate of drug-likeness (QED) is 0.703. The number of fused-ring (bicyclic) bond motifs is 1. The predicted molar refractivity (Wildman–Crippen MR) is 107 cm³/mol. The van der Waals surface area contributed by atoms with Gasteiger partial charge in [-0.15, -0.1) is 0 Å². The number of aliphatic hydroxyl groups is 1. The standard InChI is InChI=1S/C20H30N2O4S/c1-16(2)6-7-21-8-9-22(20-15-27(24,25)14-19(20)21)13-17-4-3-5-18(12-17)26-11-10-23/h3-6,12,19-20,23H,7-11,13-15H2,1-2H3/t19-,20+/m1/s1. The van der Waals surface area contributed by atoms with E-state index in [2.05, 4.69) is 29.7 Å². The average molecular weight is 395 g/mol. The smallest absolute Gasteiger partial charge is 0.153 e. The first-order valence-electron chi connectivity index (χ1n) is 9.52. The number of benzene rings is 1. The van der Waals surface area contributed by atoms with Gasteiger partial charge >= 0.3 is 0 Å². The van der Waals surface area contributed by atoms with Crippen LogP contribution in [-0.4, -0.2) is 79.8 Å². The molecule has 2 aliphatic rings. The predicted octanol–water partition coefficient (Wildman–Crippen LogP) is 1.31. The molecular weight excluding hydrogens is 364 g/mol. The lowest BCUT2D eigenvalue weighted by atomic mass is 10.0. The summed E-state index contributed by atoms with van der Waals surface area (Å²) in [5.74, 6) is 1.23. The van der Waals surface area contributed by atoms with Gasteiger partial charge in [-0.3, -0.25) is 9.80 Å². The summed E-state index contributed by atoms with van der Waals surface area (Å²) >= 11 is 0. The molecule has 2 fully saturated rings. The molecule has 1 aromatic rings. The van der Waals surface area contributed by atoms with Gasteiger partial charge in [0.05, 0.1) is 18.1 Å². The fraction of sp³-hybridized carbons (Fsp3) is 0.600. The van der Waals surface area contributed by atoms with Gasteiger partial charge in [0, 0.05) is 38.3 Å². The van der Waals surface area contributed by atoms with Crippen molar-refractivity contribution >= 4 is 9.84 Å². The highest BCUT2D eigenvalue weighted by atomic mass is 32.2. The molecule has 0 bridgehead atoms. The third kappa shape index (κ3) is 5.31. The number of hydrogen-bond donors (Lipinski definition) is 1. The van der Waals surface area contributed by atoms with Crippen molar-refractivity contribution in [2.45, 2.75) is 32.5 Å². The Balaban J connectivity index is 1.73. The molecule has 1 N–H and O–H groups in total. The van der Waals surface area contributed by atoms with Gasteiger partial charge in [0.1, 0.15) is 12.4 Å². The van der Waals surface area contributed by atoms with Crippen LogP contribution in [0.3, 0.4) is 0 Å². The highest BCUT2D eigenvalue weighted by molar-refractivity contribution is 7.91. The summed E-state index contributed by atoms with van der Waals surface area (Å²) in [4.78, 5) is 4.62. The third-order valence-electron chi connectivity index (χ3n) is 5.28. The largest absolute Gasteiger partial charge is 0.491 e. The van der Waals surface area contributed by atoms with E-state index in [-0.39, 0.29) is 36.8 Å². The Labute approximate surface area is 162 Å². The van der Waals surface area contributed by atoms with Crippen molar-refractivity contribution in [3.63, 3.8) is 0 Å². The Morgan fingerprint density at radius 3 is 2.63 bits per heavy atom. The Bertz CT molecular complexity index is 774. The highest BCUT2D eigenvalue weighted by Gasteiger charge is 2.46. The topological polar surface area (TPSA) is 70.1 Å². The molecule has 2 aliphatic heterocycles. The number of allylic oxidation sites excluding steroid dienone is 1. The number of hydrogen-bond acceptors (Lipinski definition) is 6. The van der Waals surface area contributed by atoms with E-state index in [9.17, 15) is 8.42 Å². The first-order chi connectivity index (χ1) is 12.9. The first kappa shape index (κ1) is 20.3. The fourth-order valence-corrected chi connectivity index (χ4v) is 5.99. The van der Waals surface area contributed by atoms with E-state index in [1.165, 1.54) is 5.57 Å². The lowest BCUT2D eigenvalue weighted by molar-refractivity contribution is 0.0477. The van der Waals surface area contributed by atoms with Crippen molar-refractivity contribution in [3.8, 4) is 5.75 Å². The van der Waals surface area contributed by atoms with Crippen LogP contribution in [0.5, 0.6) is 5.75 Å². The summed E-state index contributed by atoms with van der Waals surface area (Å²) in [7, 11) is -3.00. The van der Waals surface area contributed by atoms with E-state index in [1.807, 2.05) is 24.3 Å². The Hall–Kier alpha value is -1.41. The van der Waals surface area contributed by atoms with Gasteiger partial charge in [-0.2, -0.15) is 0 Å². The van der Waals surface area contributed by atoms with Gasteiger partial charge in [0.25, 0.3) is 0 Å². The minimum Gasteiger partial charge on any atom is -0.491 e. The normalized spacial score (nSPS) is 25.1. The van der Waals surface area contributed by atoms with Gasteiger partial charge in [-0.1, -0.05) is 23.8 Å². The molecule has 0 amide bonds. The molecule has 7 heteroatoms. The van der Waals surface area contributed by atoms with Crippen LogP contribution in [0.2, 0.25) is 0 Å². The first-order valence-corrected chi connectivity index (χ1v) is 11.3. The Morgan fingerprint density at radius 2 is 1.93 bits per heavy atom. The minimum absolute atomic E-state index is 0.0144. The molecule has 2 heterocycles. The number of aliphatic hydroxyl groups excluding tert-OH is 1. The zero-order valence-electron chi connectivity index (χ0n) is 16.2. The molecule has 0 unspecified atom stereocenters.